The van der Waals surface area contributed by atoms with Crippen LogP contribution in [0.5, 0.6) is 0 Å². The Hall–Kier alpha value is -0.830. The lowest BCUT2D eigenvalue weighted by Crippen LogP contribution is -2.37. The lowest BCUT2D eigenvalue weighted by Gasteiger charge is -2.30. The van der Waals surface area contributed by atoms with Gasteiger partial charge in [-0.25, -0.2) is 0 Å². The van der Waals surface area contributed by atoms with E-state index in [0.29, 0.717) is 6.54 Å². The van der Waals surface area contributed by atoms with Crippen LogP contribution >= 0.6 is 15.9 Å². The Morgan fingerprint density at radius 2 is 2.14 bits per heavy atom. The fourth-order valence-corrected chi connectivity index (χ4v) is 1.98. The SMILES string of the molecule is CC1(C)CNc2ccc(Br)cc2C1=O. The minimum atomic E-state index is -0.298. The molecule has 0 saturated heterocycles. The maximum absolute atomic E-state index is 12.0. The molecule has 74 valence electrons. The van der Waals surface area contributed by atoms with Gasteiger partial charge < -0.3 is 5.32 Å². The van der Waals surface area contributed by atoms with Gasteiger partial charge in [0.15, 0.2) is 5.78 Å². The van der Waals surface area contributed by atoms with Gasteiger partial charge in [0.05, 0.1) is 0 Å². The zero-order valence-corrected chi connectivity index (χ0v) is 9.81. The normalized spacial score (nSPS) is 18.6. The molecule has 0 unspecified atom stereocenters. The molecule has 0 atom stereocenters. The van der Waals surface area contributed by atoms with Crippen molar-refractivity contribution in [3.05, 3.63) is 28.2 Å². The summed E-state index contributed by atoms with van der Waals surface area (Å²) in [5.74, 6) is 0.215. The Morgan fingerprint density at radius 3 is 2.86 bits per heavy atom. The van der Waals surface area contributed by atoms with Crippen molar-refractivity contribution in [2.75, 3.05) is 11.9 Å². The summed E-state index contributed by atoms with van der Waals surface area (Å²) < 4.78 is 0.948. The lowest BCUT2D eigenvalue weighted by molar-refractivity contribution is 0.0845. The second kappa shape index (κ2) is 3.09. The van der Waals surface area contributed by atoms with E-state index in [1.165, 1.54) is 0 Å². The second-order valence-electron chi connectivity index (χ2n) is 4.26. The number of nitrogens with one attached hydrogen (secondary N) is 1. The van der Waals surface area contributed by atoms with Gasteiger partial charge in [-0.2, -0.15) is 0 Å². The first kappa shape index (κ1) is 9.71. The summed E-state index contributed by atoms with van der Waals surface area (Å²) in [4.78, 5) is 12.0. The van der Waals surface area contributed by atoms with E-state index in [4.69, 9.17) is 0 Å². The van der Waals surface area contributed by atoms with E-state index in [1.54, 1.807) is 0 Å². The van der Waals surface area contributed by atoms with E-state index in [1.807, 2.05) is 32.0 Å². The minimum Gasteiger partial charge on any atom is -0.383 e. The van der Waals surface area contributed by atoms with E-state index < -0.39 is 0 Å². The summed E-state index contributed by atoms with van der Waals surface area (Å²) in [5, 5.41) is 3.27. The minimum absolute atomic E-state index is 0.215. The molecule has 1 aromatic carbocycles. The van der Waals surface area contributed by atoms with E-state index in [-0.39, 0.29) is 11.2 Å². The Balaban J connectivity index is 2.54. The molecule has 1 aliphatic rings. The van der Waals surface area contributed by atoms with Crippen LogP contribution in [0.25, 0.3) is 0 Å². The van der Waals surface area contributed by atoms with E-state index in [9.17, 15) is 4.79 Å². The number of carbonyl (C=O) groups is 1. The fourth-order valence-electron chi connectivity index (χ4n) is 1.62. The maximum atomic E-state index is 12.0. The van der Waals surface area contributed by atoms with Crippen molar-refractivity contribution in [1.82, 2.24) is 0 Å². The van der Waals surface area contributed by atoms with Crippen molar-refractivity contribution in [3.63, 3.8) is 0 Å². The third kappa shape index (κ3) is 1.46. The number of rotatable bonds is 0. The van der Waals surface area contributed by atoms with Crippen molar-refractivity contribution in [2.45, 2.75) is 13.8 Å². The molecule has 0 aromatic heterocycles. The zero-order valence-electron chi connectivity index (χ0n) is 8.23. The Kier molecular flexibility index (Phi) is 2.14. The Labute approximate surface area is 91.8 Å². The summed E-state index contributed by atoms with van der Waals surface area (Å²) >= 11 is 3.38. The van der Waals surface area contributed by atoms with Gasteiger partial charge in [-0.15, -0.1) is 0 Å². The Morgan fingerprint density at radius 1 is 1.43 bits per heavy atom. The molecule has 0 saturated carbocycles. The van der Waals surface area contributed by atoms with Crippen molar-refractivity contribution < 1.29 is 4.79 Å². The number of carbonyl (C=O) groups excluding carboxylic acids is 1. The smallest absolute Gasteiger partial charge is 0.172 e. The van der Waals surface area contributed by atoms with E-state index >= 15 is 0 Å². The van der Waals surface area contributed by atoms with Crippen LogP contribution < -0.4 is 5.32 Å². The highest BCUT2D eigenvalue weighted by Crippen LogP contribution is 2.33. The molecular weight excluding hydrogens is 242 g/mol. The molecule has 1 aliphatic heterocycles. The molecule has 3 heteroatoms. The summed E-state index contributed by atoms with van der Waals surface area (Å²) in [7, 11) is 0. The van der Waals surface area contributed by atoms with Gasteiger partial charge in [-0.1, -0.05) is 29.8 Å². The summed E-state index contributed by atoms with van der Waals surface area (Å²) in [5.41, 5.74) is 1.43. The standard InChI is InChI=1S/C11H12BrNO/c1-11(2)6-13-9-4-3-7(12)5-8(9)10(11)14/h3-5,13H,6H2,1-2H3. The van der Waals surface area contributed by atoms with E-state index in [0.717, 1.165) is 15.7 Å². The molecule has 0 amide bonds. The third-order valence-electron chi connectivity index (χ3n) is 2.56. The summed E-state index contributed by atoms with van der Waals surface area (Å²) in [6.45, 7) is 4.64. The monoisotopic (exact) mass is 253 g/mol. The molecule has 2 rings (SSSR count). The number of halogens is 1. The molecule has 0 fully saturated rings. The molecule has 1 aromatic rings. The topological polar surface area (TPSA) is 29.1 Å². The molecule has 1 N–H and O–H groups in total. The number of ketones is 1. The van der Waals surface area contributed by atoms with Gasteiger partial charge in [0.1, 0.15) is 0 Å². The van der Waals surface area contributed by atoms with Crippen LogP contribution in [0.3, 0.4) is 0 Å². The Bertz CT molecular complexity index is 398. The van der Waals surface area contributed by atoms with Crippen molar-refractivity contribution in [3.8, 4) is 0 Å². The average Bonchev–Trinajstić information content (AvgIpc) is 2.13. The number of hydrogen-bond acceptors (Lipinski definition) is 2. The number of benzene rings is 1. The number of anilines is 1. The summed E-state index contributed by atoms with van der Waals surface area (Å²) in [6, 6.07) is 5.76. The quantitative estimate of drug-likeness (QED) is 0.770. The van der Waals surface area contributed by atoms with Gasteiger partial charge in [0, 0.05) is 27.7 Å². The van der Waals surface area contributed by atoms with Crippen LogP contribution in [-0.2, 0) is 0 Å². The van der Waals surface area contributed by atoms with Crippen LogP contribution in [0.15, 0.2) is 22.7 Å². The molecule has 0 bridgehead atoms. The zero-order chi connectivity index (χ0) is 10.3. The van der Waals surface area contributed by atoms with Crippen LogP contribution in [0, 0.1) is 5.41 Å². The highest BCUT2D eigenvalue weighted by molar-refractivity contribution is 9.10. The maximum Gasteiger partial charge on any atom is 0.172 e. The third-order valence-corrected chi connectivity index (χ3v) is 3.05. The van der Waals surface area contributed by atoms with Crippen molar-refractivity contribution >= 4 is 27.4 Å². The molecule has 0 aliphatic carbocycles. The fraction of sp³-hybridized carbons (Fsp3) is 0.364. The predicted molar refractivity (Wildman–Crippen MR) is 60.7 cm³/mol. The van der Waals surface area contributed by atoms with Crippen LogP contribution in [0.4, 0.5) is 5.69 Å². The van der Waals surface area contributed by atoms with Gasteiger partial charge in [-0.05, 0) is 18.2 Å². The van der Waals surface area contributed by atoms with Crippen LogP contribution in [-0.4, -0.2) is 12.3 Å². The molecule has 0 spiro atoms. The second-order valence-corrected chi connectivity index (χ2v) is 5.17. The highest BCUT2D eigenvalue weighted by atomic mass is 79.9. The van der Waals surface area contributed by atoms with Gasteiger partial charge in [0.2, 0.25) is 0 Å². The van der Waals surface area contributed by atoms with Crippen molar-refractivity contribution in [2.24, 2.45) is 5.41 Å². The summed E-state index contributed by atoms with van der Waals surface area (Å²) in [6.07, 6.45) is 0. The lowest BCUT2D eigenvalue weighted by atomic mass is 9.81. The van der Waals surface area contributed by atoms with Crippen molar-refractivity contribution in [1.29, 1.82) is 0 Å². The number of hydrogen-bond donors (Lipinski definition) is 1. The highest BCUT2D eigenvalue weighted by Gasteiger charge is 2.33. The van der Waals surface area contributed by atoms with Gasteiger partial charge in [-0.3, -0.25) is 4.79 Å². The molecular formula is C11H12BrNO. The average molecular weight is 254 g/mol. The molecule has 14 heavy (non-hydrogen) atoms. The van der Waals surface area contributed by atoms with Crippen LogP contribution in [0.2, 0.25) is 0 Å². The largest absolute Gasteiger partial charge is 0.383 e. The van der Waals surface area contributed by atoms with Crippen LogP contribution in [0.1, 0.15) is 24.2 Å². The molecule has 1 heterocycles. The first-order valence-electron chi connectivity index (χ1n) is 4.59. The number of fused-ring (bicyclic) bond motifs is 1. The van der Waals surface area contributed by atoms with E-state index in [2.05, 4.69) is 21.2 Å². The molecule has 0 radical (unpaired) electrons. The van der Waals surface area contributed by atoms with Gasteiger partial charge >= 0.3 is 0 Å². The predicted octanol–water partition coefficient (Wildman–Crippen LogP) is 3.08. The number of Topliss-reactive ketones (excluding diaryl/α,β-unsaturated/α-hetero) is 1. The van der Waals surface area contributed by atoms with Gasteiger partial charge in [0.25, 0.3) is 0 Å². The first-order valence-corrected chi connectivity index (χ1v) is 5.38. The first-order chi connectivity index (χ1) is 6.50. The molecule has 2 nitrogen and oxygen atoms in total.